The van der Waals surface area contributed by atoms with Crippen LogP contribution in [-0.4, -0.2) is 31.3 Å². The van der Waals surface area contributed by atoms with Crippen molar-refractivity contribution in [3.63, 3.8) is 0 Å². The lowest BCUT2D eigenvalue weighted by Crippen LogP contribution is -2.11. The Morgan fingerprint density at radius 1 is 1.42 bits per heavy atom. The minimum Gasteiger partial charge on any atom is -0.507 e. The lowest BCUT2D eigenvalue weighted by molar-refractivity contribution is 0.0453. The number of nitrogens with zero attached hydrogens (tertiary/aromatic N) is 4. The van der Waals surface area contributed by atoms with Crippen LogP contribution < -0.4 is 0 Å². The summed E-state index contributed by atoms with van der Waals surface area (Å²) in [6.45, 7) is 2.64. The van der Waals surface area contributed by atoms with E-state index in [9.17, 15) is 9.90 Å². The Kier molecular flexibility index (Phi) is 4.07. The number of esters is 1. The quantitative estimate of drug-likeness (QED) is 0.813. The van der Waals surface area contributed by atoms with E-state index in [-0.39, 0.29) is 17.9 Å². The minimum absolute atomic E-state index is 0.0276. The lowest BCUT2D eigenvalue weighted by atomic mass is 10.2. The van der Waals surface area contributed by atoms with E-state index in [0.29, 0.717) is 12.4 Å². The summed E-state index contributed by atoms with van der Waals surface area (Å²) < 4.78 is 6.66. The topological polar surface area (TPSA) is 90.1 Å². The zero-order chi connectivity index (χ0) is 13.7. The van der Waals surface area contributed by atoms with Crippen molar-refractivity contribution in [2.45, 2.75) is 26.5 Å². The fourth-order valence-corrected chi connectivity index (χ4v) is 1.57. The number of rotatable bonds is 5. The van der Waals surface area contributed by atoms with Gasteiger partial charge in [0, 0.05) is 6.54 Å². The Bertz CT molecular complexity index is 568. The third kappa shape index (κ3) is 3.06. The van der Waals surface area contributed by atoms with Crippen LogP contribution in [0.15, 0.2) is 24.3 Å². The molecule has 2 aromatic rings. The van der Waals surface area contributed by atoms with Crippen molar-refractivity contribution < 1.29 is 14.6 Å². The fraction of sp³-hybridized carbons (Fsp3) is 0.333. The van der Waals surface area contributed by atoms with E-state index in [1.807, 2.05) is 6.92 Å². The summed E-state index contributed by atoms with van der Waals surface area (Å²) in [6.07, 6.45) is 0.880. The SMILES string of the molecule is CCCn1nnnc1COC(=O)c1ccccc1O. The molecule has 19 heavy (non-hydrogen) atoms. The van der Waals surface area contributed by atoms with E-state index < -0.39 is 5.97 Å². The maximum Gasteiger partial charge on any atom is 0.342 e. The largest absolute Gasteiger partial charge is 0.507 e. The average Bonchev–Trinajstić information content (AvgIpc) is 2.84. The predicted octanol–water partition coefficient (Wildman–Crippen LogP) is 1.15. The molecule has 1 aromatic carbocycles. The van der Waals surface area contributed by atoms with Gasteiger partial charge in [-0.25, -0.2) is 9.48 Å². The highest BCUT2D eigenvalue weighted by molar-refractivity contribution is 5.92. The second-order valence-corrected chi connectivity index (χ2v) is 3.91. The number of benzene rings is 1. The normalized spacial score (nSPS) is 10.4. The molecule has 1 heterocycles. The number of carbonyl (C=O) groups is 1. The number of tetrazole rings is 1. The molecule has 100 valence electrons. The van der Waals surface area contributed by atoms with Crippen LogP contribution >= 0.6 is 0 Å². The molecule has 0 saturated heterocycles. The lowest BCUT2D eigenvalue weighted by Gasteiger charge is -2.06. The number of hydrogen-bond donors (Lipinski definition) is 1. The molecule has 7 heteroatoms. The van der Waals surface area contributed by atoms with E-state index in [4.69, 9.17) is 4.74 Å². The third-order valence-corrected chi connectivity index (χ3v) is 2.50. The van der Waals surface area contributed by atoms with Gasteiger partial charge in [0.1, 0.15) is 11.3 Å². The Hall–Kier alpha value is -2.44. The van der Waals surface area contributed by atoms with Crippen molar-refractivity contribution in [2.75, 3.05) is 0 Å². The summed E-state index contributed by atoms with van der Waals surface area (Å²) >= 11 is 0. The molecule has 0 unspecified atom stereocenters. The van der Waals surface area contributed by atoms with Crippen LogP contribution in [0, 0.1) is 0 Å². The number of aromatic hydroxyl groups is 1. The smallest absolute Gasteiger partial charge is 0.342 e. The van der Waals surface area contributed by atoms with Crippen molar-refractivity contribution >= 4 is 5.97 Å². The molecule has 0 saturated carbocycles. The molecular formula is C12H14N4O3. The summed E-state index contributed by atoms with van der Waals surface area (Å²) in [5, 5.41) is 20.6. The van der Waals surface area contributed by atoms with Gasteiger partial charge in [0.25, 0.3) is 0 Å². The first-order valence-corrected chi connectivity index (χ1v) is 5.92. The first-order valence-electron chi connectivity index (χ1n) is 5.92. The van der Waals surface area contributed by atoms with Crippen molar-refractivity contribution in [1.82, 2.24) is 20.2 Å². The minimum atomic E-state index is -0.607. The van der Waals surface area contributed by atoms with Crippen molar-refractivity contribution in [3.05, 3.63) is 35.7 Å². The maximum atomic E-state index is 11.8. The number of phenolic OH excluding ortho intramolecular Hbond substituents is 1. The molecule has 0 atom stereocenters. The molecule has 0 amide bonds. The highest BCUT2D eigenvalue weighted by atomic mass is 16.5. The van der Waals surface area contributed by atoms with E-state index in [1.165, 1.54) is 12.1 Å². The number of phenols is 1. The van der Waals surface area contributed by atoms with Crippen molar-refractivity contribution in [3.8, 4) is 5.75 Å². The van der Waals surface area contributed by atoms with Crippen LogP contribution in [0.3, 0.4) is 0 Å². The van der Waals surface area contributed by atoms with E-state index in [1.54, 1.807) is 16.8 Å². The number of aryl methyl sites for hydroxylation is 1. The highest BCUT2D eigenvalue weighted by Gasteiger charge is 2.14. The first kappa shape index (κ1) is 13.0. The Morgan fingerprint density at radius 3 is 2.95 bits per heavy atom. The van der Waals surface area contributed by atoms with Gasteiger partial charge in [-0.3, -0.25) is 0 Å². The van der Waals surface area contributed by atoms with Crippen LogP contribution in [0.2, 0.25) is 0 Å². The molecular weight excluding hydrogens is 248 g/mol. The summed E-state index contributed by atoms with van der Waals surface area (Å²) in [4.78, 5) is 11.8. The molecule has 1 N–H and O–H groups in total. The van der Waals surface area contributed by atoms with Crippen LogP contribution in [0.25, 0.3) is 0 Å². The maximum absolute atomic E-state index is 11.8. The monoisotopic (exact) mass is 262 g/mol. The molecule has 0 bridgehead atoms. The first-order chi connectivity index (χ1) is 9.22. The Morgan fingerprint density at radius 2 is 2.21 bits per heavy atom. The molecule has 0 aliphatic rings. The zero-order valence-corrected chi connectivity index (χ0v) is 10.5. The fourth-order valence-electron chi connectivity index (χ4n) is 1.57. The van der Waals surface area contributed by atoms with Crippen molar-refractivity contribution in [2.24, 2.45) is 0 Å². The number of hydrogen-bond acceptors (Lipinski definition) is 6. The number of aromatic nitrogens is 4. The molecule has 7 nitrogen and oxygen atoms in total. The van der Waals surface area contributed by atoms with Gasteiger partial charge in [-0.05, 0) is 29.0 Å². The summed E-state index contributed by atoms with van der Waals surface area (Å²) in [7, 11) is 0. The van der Waals surface area contributed by atoms with Gasteiger partial charge < -0.3 is 9.84 Å². The summed E-state index contributed by atoms with van der Waals surface area (Å²) in [5.74, 6) is -0.240. The second kappa shape index (κ2) is 5.94. The van der Waals surface area contributed by atoms with Crippen molar-refractivity contribution in [1.29, 1.82) is 0 Å². The highest BCUT2D eigenvalue weighted by Crippen LogP contribution is 2.16. The Balaban J connectivity index is 2.01. The van der Waals surface area contributed by atoms with Gasteiger partial charge in [-0.15, -0.1) is 5.10 Å². The number of carbonyl (C=O) groups excluding carboxylic acids is 1. The predicted molar refractivity (Wildman–Crippen MR) is 65.3 cm³/mol. The van der Waals surface area contributed by atoms with Gasteiger partial charge in [-0.2, -0.15) is 0 Å². The number of para-hydroxylation sites is 1. The molecule has 1 aromatic heterocycles. The van der Waals surface area contributed by atoms with Crippen LogP contribution in [0.1, 0.15) is 29.5 Å². The molecule has 0 spiro atoms. The standard InChI is InChI=1S/C12H14N4O3/c1-2-7-16-11(13-14-15-16)8-19-12(18)9-5-3-4-6-10(9)17/h3-6,17H,2,7-8H2,1H3. The van der Waals surface area contributed by atoms with Gasteiger partial charge in [-0.1, -0.05) is 19.1 Å². The van der Waals surface area contributed by atoms with Crippen LogP contribution in [0.5, 0.6) is 5.75 Å². The molecule has 2 rings (SSSR count). The molecule has 0 radical (unpaired) electrons. The Labute approximate surface area is 109 Å². The third-order valence-electron chi connectivity index (χ3n) is 2.50. The zero-order valence-electron chi connectivity index (χ0n) is 10.5. The van der Waals surface area contributed by atoms with E-state index >= 15 is 0 Å². The van der Waals surface area contributed by atoms with Gasteiger partial charge in [0.15, 0.2) is 12.4 Å². The van der Waals surface area contributed by atoms with Crippen LogP contribution in [-0.2, 0) is 17.9 Å². The molecule has 0 fully saturated rings. The summed E-state index contributed by atoms with van der Waals surface area (Å²) in [5.41, 5.74) is 0.122. The van der Waals surface area contributed by atoms with Crippen LogP contribution in [0.4, 0.5) is 0 Å². The summed E-state index contributed by atoms with van der Waals surface area (Å²) in [6, 6.07) is 6.20. The molecule has 0 aliphatic heterocycles. The number of ether oxygens (including phenoxy) is 1. The van der Waals surface area contributed by atoms with Gasteiger partial charge in [0.05, 0.1) is 0 Å². The van der Waals surface area contributed by atoms with Gasteiger partial charge in [0.2, 0.25) is 0 Å². The second-order valence-electron chi connectivity index (χ2n) is 3.91. The van der Waals surface area contributed by atoms with E-state index in [0.717, 1.165) is 6.42 Å². The van der Waals surface area contributed by atoms with E-state index in [2.05, 4.69) is 15.5 Å². The average molecular weight is 262 g/mol. The molecule has 0 aliphatic carbocycles. The van der Waals surface area contributed by atoms with Gasteiger partial charge >= 0.3 is 5.97 Å².